The maximum Gasteiger partial charge on any atom is 0.269 e. The molecular weight excluding hydrogens is 276 g/mol. The Morgan fingerprint density at radius 1 is 1.15 bits per heavy atom. The minimum absolute atomic E-state index is 0. The molecule has 0 atom stereocenters. The van der Waals surface area contributed by atoms with Crippen LogP contribution in [0.2, 0.25) is 0 Å². The average molecular weight is 299 g/mol. The van der Waals surface area contributed by atoms with Crippen LogP contribution in [0.25, 0.3) is 0 Å². The fraction of sp³-hybridized carbons (Fsp3) is 0.714. The first-order chi connectivity index (χ1) is 9.34. The molecule has 6 heteroatoms. The number of halogens is 1. The molecule has 0 bridgehead atoms. The van der Waals surface area contributed by atoms with Gasteiger partial charge in [0.05, 0.1) is 11.4 Å². The number of fused-ring (bicyclic) bond motifs is 1. The zero-order chi connectivity index (χ0) is 13.1. The molecule has 5 nitrogen and oxygen atoms in total. The predicted octanol–water partition coefficient (Wildman–Crippen LogP) is 1.58. The summed E-state index contributed by atoms with van der Waals surface area (Å²) in [5, 5.41) is 10.3. The fourth-order valence-corrected chi connectivity index (χ4v) is 3.08. The van der Waals surface area contributed by atoms with Crippen LogP contribution in [0.4, 0.5) is 5.69 Å². The normalized spacial score (nSPS) is 18.8. The van der Waals surface area contributed by atoms with Gasteiger partial charge in [-0.3, -0.25) is 4.79 Å². The third-order valence-corrected chi connectivity index (χ3v) is 4.18. The van der Waals surface area contributed by atoms with Gasteiger partial charge >= 0.3 is 0 Å². The predicted molar refractivity (Wildman–Crippen MR) is 82.9 cm³/mol. The summed E-state index contributed by atoms with van der Waals surface area (Å²) in [4.78, 5) is 14.3. The summed E-state index contributed by atoms with van der Waals surface area (Å²) in [6.07, 6.45) is 6.82. The highest BCUT2D eigenvalue weighted by molar-refractivity contribution is 5.85. The summed E-state index contributed by atoms with van der Waals surface area (Å²) >= 11 is 0. The van der Waals surface area contributed by atoms with Gasteiger partial charge in [0.1, 0.15) is 0 Å². The molecule has 0 aliphatic carbocycles. The van der Waals surface area contributed by atoms with Gasteiger partial charge in [-0.2, -0.15) is 5.10 Å². The second kappa shape index (κ2) is 7.09. The molecule has 2 aliphatic rings. The van der Waals surface area contributed by atoms with Crippen LogP contribution in [-0.2, 0) is 12.8 Å². The van der Waals surface area contributed by atoms with Crippen LogP contribution in [0.3, 0.4) is 0 Å². The molecule has 1 aromatic heterocycles. The molecule has 0 aromatic carbocycles. The first kappa shape index (κ1) is 15.3. The van der Waals surface area contributed by atoms with Crippen molar-refractivity contribution in [3.63, 3.8) is 0 Å². The van der Waals surface area contributed by atoms with E-state index in [-0.39, 0.29) is 18.0 Å². The van der Waals surface area contributed by atoms with Crippen molar-refractivity contribution in [3.05, 3.63) is 21.6 Å². The first-order valence-corrected chi connectivity index (χ1v) is 7.41. The third-order valence-electron chi connectivity index (χ3n) is 4.18. The van der Waals surface area contributed by atoms with E-state index < -0.39 is 0 Å². The lowest BCUT2D eigenvalue weighted by atomic mass is 10.0. The van der Waals surface area contributed by atoms with Gasteiger partial charge in [-0.15, -0.1) is 12.4 Å². The lowest BCUT2D eigenvalue weighted by Gasteiger charge is -2.27. The summed E-state index contributed by atoms with van der Waals surface area (Å²) < 4.78 is 0. The molecule has 1 fully saturated rings. The number of nitrogens with zero attached hydrogens (tertiary/aromatic N) is 2. The Balaban J connectivity index is 0.00000147. The van der Waals surface area contributed by atoms with Gasteiger partial charge < -0.3 is 10.2 Å². The minimum atomic E-state index is -0.0241. The van der Waals surface area contributed by atoms with Gasteiger partial charge in [-0.05, 0) is 38.8 Å². The molecule has 1 aromatic rings. The van der Waals surface area contributed by atoms with E-state index >= 15 is 0 Å². The molecule has 0 unspecified atom stereocenters. The van der Waals surface area contributed by atoms with Crippen molar-refractivity contribution >= 4 is 18.1 Å². The highest BCUT2D eigenvalue weighted by Gasteiger charge is 2.18. The molecule has 0 spiro atoms. The number of aromatic amines is 1. The Labute approximate surface area is 125 Å². The Bertz CT molecular complexity index is 496. The van der Waals surface area contributed by atoms with Crippen molar-refractivity contribution in [2.24, 2.45) is 0 Å². The molecule has 3 rings (SSSR count). The number of hydrogen-bond acceptors (Lipinski definition) is 4. The zero-order valence-electron chi connectivity index (χ0n) is 11.8. The van der Waals surface area contributed by atoms with Crippen LogP contribution in [0.15, 0.2) is 4.79 Å². The lowest BCUT2D eigenvalue weighted by Crippen LogP contribution is -2.32. The van der Waals surface area contributed by atoms with Gasteiger partial charge in [0, 0.05) is 25.1 Å². The molecule has 1 saturated heterocycles. The highest BCUT2D eigenvalue weighted by atomic mass is 35.5. The van der Waals surface area contributed by atoms with E-state index in [1.54, 1.807) is 0 Å². The van der Waals surface area contributed by atoms with Crippen LogP contribution in [-0.4, -0.2) is 41.3 Å². The smallest absolute Gasteiger partial charge is 0.269 e. The van der Waals surface area contributed by atoms with Crippen molar-refractivity contribution in [1.82, 2.24) is 15.1 Å². The summed E-state index contributed by atoms with van der Waals surface area (Å²) in [6.45, 7) is 4.42. The van der Waals surface area contributed by atoms with E-state index in [0.29, 0.717) is 0 Å². The largest absolute Gasteiger partial charge is 0.383 e. The molecule has 2 N–H and O–H groups in total. The quantitative estimate of drug-likeness (QED) is 0.889. The molecule has 20 heavy (non-hydrogen) atoms. The number of anilines is 1. The number of aromatic nitrogens is 2. The number of H-pyrrole nitrogens is 1. The molecule has 3 heterocycles. The third kappa shape index (κ3) is 3.33. The van der Waals surface area contributed by atoms with E-state index in [1.807, 2.05) is 0 Å². The number of rotatable bonds is 3. The zero-order valence-corrected chi connectivity index (χ0v) is 12.6. The highest BCUT2D eigenvalue weighted by Crippen LogP contribution is 2.21. The second-order valence-electron chi connectivity index (χ2n) is 5.54. The SMILES string of the molecule is Cl.O=c1[nH]nc(CCN2CCCCC2)c2c1CCCN2. The number of piperidine rings is 1. The summed E-state index contributed by atoms with van der Waals surface area (Å²) in [5.74, 6) is 0. The van der Waals surface area contributed by atoms with Crippen LogP contribution >= 0.6 is 12.4 Å². The van der Waals surface area contributed by atoms with Crippen molar-refractivity contribution in [1.29, 1.82) is 0 Å². The van der Waals surface area contributed by atoms with Crippen molar-refractivity contribution in [3.8, 4) is 0 Å². The molecule has 2 aliphatic heterocycles. The Kier molecular flexibility index (Phi) is 5.43. The molecule has 0 saturated carbocycles. The fourth-order valence-electron chi connectivity index (χ4n) is 3.08. The van der Waals surface area contributed by atoms with Gasteiger partial charge in [-0.25, -0.2) is 5.10 Å². The van der Waals surface area contributed by atoms with Crippen molar-refractivity contribution < 1.29 is 0 Å². The summed E-state index contributed by atoms with van der Waals surface area (Å²) in [7, 11) is 0. The van der Waals surface area contributed by atoms with Crippen LogP contribution < -0.4 is 10.9 Å². The number of hydrogen-bond donors (Lipinski definition) is 2. The van der Waals surface area contributed by atoms with Gasteiger partial charge in [0.15, 0.2) is 0 Å². The summed E-state index contributed by atoms with van der Waals surface area (Å²) in [6, 6.07) is 0. The van der Waals surface area contributed by atoms with E-state index in [2.05, 4.69) is 20.4 Å². The standard InChI is InChI=1S/C14H22N4O.ClH/c19-14-11-5-4-7-15-13(11)12(16-17-14)6-10-18-8-2-1-3-9-18;/h15H,1-10H2,(H,17,19);1H. The summed E-state index contributed by atoms with van der Waals surface area (Å²) in [5.41, 5.74) is 2.91. The maximum absolute atomic E-state index is 11.8. The first-order valence-electron chi connectivity index (χ1n) is 7.41. The van der Waals surface area contributed by atoms with Gasteiger partial charge in [0.2, 0.25) is 0 Å². The van der Waals surface area contributed by atoms with E-state index in [1.165, 1.54) is 32.4 Å². The van der Waals surface area contributed by atoms with E-state index in [0.717, 1.165) is 49.3 Å². The van der Waals surface area contributed by atoms with Crippen molar-refractivity contribution in [2.45, 2.75) is 38.5 Å². The monoisotopic (exact) mass is 298 g/mol. The number of likely N-dealkylation sites (tertiary alicyclic amines) is 1. The molecule has 0 radical (unpaired) electrons. The van der Waals surface area contributed by atoms with Gasteiger partial charge in [0.25, 0.3) is 5.56 Å². The van der Waals surface area contributed by atoms with Crippen molar-refractivity contribution in [2.75, 3.05) is 31.5 Å². The lowest BCUT2D eigenvalue weighted by molar-refractivity contribution is 0.231. The topological polar surface area (TPSA) is 61.0 Å². The molecule has 0 amide bonds. The Morgan fingerprint density at radius 3 is 2.75 bits per heavy atom. The van der Waals surface area contributed by atoms with E-state index in [4.69, 9.17) is 0 Å². The molecule has 112 valence electrons. The average Bonchev–Trinajstić information content (AvgIpc) is 2.48. The maximum atomic E-state index is 11.8. The van der Waals surface area contributed by atoms with E-state index in [9.17, 15) is 4.79 Å². The van der Waals surface area contributed by atoms with Crippen LogP contribution in [0.1, 0.15) is 36.9 Å². The molecular formula is C14H23ClN4O. The minimum Gasteiger partial charge on any atom is -0.383 e. The second-order valence-corrected chi connectivity index (χ2v) is 5.54. The number of nitrogens with one attached hydrogen (secondary N) is 2. The van der Waals surface area contributed by atoms with Crippen LogP contribution in [0.5, 0.6) is 0 Å². The van der Waals surface area contributed by atoms with Crippen LogP contribution in [0, 0.1) is 0 Å². The Morgan fingerprint density at radius 2 is 1.95 bits per heavy atom. The Hall–Kier alpha value is -1.07. The van der Waals surface area contributed by atoms with Gasteiger partial charge in [-0.1, -0.05) is 6.42 Å².